The van der Waals surface area contributed by atoms with E-state index in [1.807, 2.05) is 24.3 Å². The van der Waals surface area contributed by atoms with Gasteiger partial charge in [0.15, 0.2) is 5.65 Å². The Balaban J connectivity index is 1.63. The van der Waals surface area contributed by atoms with Crippen LogP contribution in [-0.2, 0) is 0 Å². The molecule has 0 fully saturated rings. The number of aromatic hydroxyl groups is 1. The Labute approximate surface area is 188 Å². The van der Waals surface area contributed by atoms with Crippen LogP contribution < -0.4 is 5.56 Å². The Kier molecular flexibility index (Phi) is 4.13. The van der Waals surface area contributed by atoms with Gasteiger partial charge < -0.3 is 15.1 Å². The molecule has 0 unspecified atom stereocenters. The summed E-state index contributed by atoms with van der Waals surface area (Å²) in [6.07, 6.45) is 3.59. The van der Waals surface area contributed by atoms with Crippen LogP contribution in [0, 0.1) is 0 Å². The van der Waals surface area contributed by atoms with E-state index in [-0.39, 0.29) is 17.2 Å². The van der Waals surface area contributed by atoms with E-state index in [1.54, 1.807) is 18.5 Å². The second kappa shape index (κ2) is 7.06. The van der Waals surface area contributed by atoms with Crippen molar-refractivity contribution < 1.29 is 5.11 Å². The van der Waals surface area contributed by atoms with Crippen LogP contribution in [0.5, 0.6) is 5.75 Å². The third-order valence-corrected chi connectivity index (χ3v) is 6.21. The van der Waals surface area contributed by atoms with Crippen molar-refractivity contribution in [2.24, 2.45) is 0 Å². The molecule has 4 aromatic heterocycles. The van der Waals surface area contributed by atoms with Crippen LogP contribution in [0.2, 0.25) is 0 Å². The zero-order valence-electron chi connectivity index (χ0n) is 18.1. The molecule has 4 heterocycles. The Morgan fingerprint density at radius 3 is 2.67 bits per heavy atom. The summed E-state index contributed by atoms with van der Waals surface area (Å²) in [6.45, 7) is 4.36. The second-order valence-corrected chi connectivity index (χ2v) is 8.57. The number of nitrogens with one attached hydrogen (secondary N) is 3. The van der Waals surface area contributed by atoms with Gasteiger partial charge in [-0.1, -0.05) is 32.0 Å². The molecule has 2 aromatic carbocycles. The predicted molar refractivity (Wildman–Crippen MR) is 130 cm³/mol. The van der Waals surface area contributed by atoms with Gasteiger partial charge in [-0.3, -0.25) is 9.89 Å². The molecule has 6 aromatic rings. The fraction of sp³-hybridized carbons (Fsp3) is 0.115. The fourth-order valence-corrected chi connectivity index (χ4v) is 4.76. The minimum Gasteiger partial charge on any atom is -0.507 e. The minimum atomic E-state index is -0.331. The van der Waals surface area contributed by atoms with E-state index in [0.717, 1.165) is 44.3 Å². The van der Waals surface area contributed by atoms with Gasteiger partial charge in [0.1, 0.15) is 5.75 Å². The fourth-order valence-electron chi connectivity index (χ4n) is 4.76. The highest BCUT2D eigenvalue weighted by Gasteiger charge is 2.19. The molecule has 0 saturated heterocycles. The molecule has 0 radical (unpaired) electrons. The Hall–Kier alpha value is -4.39. The summed E-state index contributed by atoms with van der Waals surface area (Å²) in [5.74, 6) is 0.237. The van der Waals surface area contributed by atoms with Crippen LogP contribution >= 0.6 is 0 Å². The van der Waals surface area contributed by atoms with E-state index in [9.17, 15) is 9.90 Å². The lowest BCUT2D eigenvalue weighted by Gasteiger charge is -2.11. The first-order chi connectivity index (χ1) is 16.0. The highest BCUT2D eigenvalue weighted by Crippen LogP contribution is 2.40. The average Bonchev–Trinajstić information content (AvgIpc) is 3.42. The van der Waals surface area contributed by atoms with Gasteiger partial charge in [-0.05, 0) is 41.3 Å². The summed E-state index contributed by atoms with van der Waals surface area (Å²) >= 11 is 0. The van der Waals surface area contributed by atoms with Gasteiger partial charge in [0.2, 0.25) is 0 Å². The minimum absolute atomic E-state index is 0.0229. The number of hydrogen-bond acceptors (Lipinski definition) is 4. The van der Waals surface area contributed by atoms with Crippen molar-refractivity contribution in [1.29, 1.82) is 0 Å². The first-order valence-electron chi connectivity index (χ1n) is 10.8. The summed E-state index contributed by atoms with van der Waals surface area (Å²) in [7, 11) is 0. The number of para-hydroxylation sites is 1. The van der Waals surface area contributed by atoms with E-state index in [2.05, 4.69) is 51.1 Å². The lowest BCUT2D eigenvalue weighted by molar-refractivity contribution is 0.480. The molecular formula is C26H21N5O2. The molecular weight excluding hydrogens is 414 g/mol. The molecule has 0 aliphatic rings. The van der Waals surface area contributed by atoms with E-state index in [1.165, 1.54) is 11.6 Å². The van der Waals surface area contributed by atoms with Crippen LogP contribution in [0.4, 0.5) is 0 Å². The summed E-state index contributed by atoms with van der Waals surface area (Å²) in [6, 6.07) is 15.1. The normalized spacial score (nSPS) is 11.8. The largest absolute Gasteiger partial charge is 0.507 e. The number of nitrogens with zero attached hydrogens (tertiary/aromatic N) is 2. The molecule has 0 bridgehead atoms. The predicted octanol–water partition coefficient (Wildman–Crippen LogP) is 5.44. The van der Waals surface area contributed by atoms with Gasteiger partial charge in [-0.2, -0.15) is 5.10 Å². The average molecular weight is 435 g/mol. The van der Waals surface area contributed by atoms with Crippen LogP contribution in [0.3, 0.4) is 0 Å². The van der Waals surface area contributed by atoms with Gasteiger partial charge >= 0.3 is 0 Å². The summed E-state index contributed by atoms with van der Waals surface area (Å²) in [5, 5.41) is 20.1. The first kappa shape index (κ1) is 19.3. The van der Waals surface area contributed by atoms with Crippen LogP contribution in [0.1, 0.15) is 25.3 Å². The van der Waals surface area contributed by atoms with Crippen LogP contribution in [0.25, 0.3) is 55.2 Å². The monoisotopic (exact) mass is 435 g/mol. The zero-order valence-corrected chi connectivity index (χ0v) is 18.1. The number of pyridine rings is 2. The van der Waals surface area contributed by atoms with Crippen molar-refractivity contribution in [2.45, 2.75) is 19.8 Å². The SMILES string of the molecule is CC(C)c1c(-c2ccnc3[nH]ncc23)[nH]c2ccc(-c3cccc4c(O)cc(=O)[nH]c34)cc12. The summed E-state index contributed by atoms with van der Waals surface area (Å²) < 4.78 is 0. The number of aromatic nitrogens is 5. The highest BCUT2D eigenvalue weighted by molar-refractivity contribution is 6.02. The van der Waals surface area contributed by atoms with Crippen molar-refractivity contribution >= 4 is 32.8 Å². The third kappa shape index (κ3) is 2.93. The number of rotatable bonds is 3. The van der Waals surface area contributed by atoms with Gasteiger partial charge in [-0.15, -0.1) is 0 Å². The molecule has 7 heteroatoms. The van der Waals surface area contributed by atoms with E-state index >= 15 is 0 Å². The number of hydrogen-bond donors (Lipinski definition) is 4. The molecule has 0 saturated carbocycles. The van der Waals surface area contributed by atoms with E-state index in [0.29, 0.717) is 10.9 Å². The molecule has 0 aliphatic heterocycles. The van der Waals surface area contributed by atoms with Crippen molar-refractivity contribution in [1.82, 2.24) is 25.1 Å². The van der Waals surface area contributed by atoms with Crippen molar-refractivity contribution in [3.63, 3.8) is 0 Å². The van der Waals surface area contributed by atoms with E-state index < -0.39 is 0 Å². The lowest BCUT2D eigenvalue weighted by Crippen LogP contribution is -2.03. The number of benzene rings is 2. The summed E-state index contributed by atoms with van der Waals surface area (Å²) in [4.78, 5) is 22.9. The van der Waals surface area contributed by atoms with Crippen molar-refractivity contribution in [3.05, 3.63) is 76.8 Å². The second-order valence-electron chi connectivity index (χ2n) is 8.57. The molecule has 0 atom stereocenters. The molecule has 0 amide bonds. The molecule has 162 valence electrons. The highest BCUT2D eigenvalue weighted by atomic mass is 16.3. The Morgan fingerprint density at radius 2 is 1.82 bits per heavy atom. The third-order valence-electron chi connectivity index (χ3n) is 6.21. The van der Waals surface area contributed by atoms with Gasteiger partial charge in [0, 0.05) is 45.1 Å². The molecule has 0 spiro atoms. The quantitative estimate of drug-likeness (QED) is 0.296. The maximum absolute atomic E-state index is 12.1. The van der Waals surface area contributed by atoms with Gasteiger partial charge in [-0.25, -0.2) is 4.98 Å². The maximum atomic E-state index is 12.1. The zero-order chi connectivity index (χ0) is 22.7. The Morgan fingerprint density at radius 1 is 0.939 bits per heavy atom. The molecule has 7 nitrogen and oxygen atoms in total. The maximum Gasteiger partial charge on any atom is 0.252 e. The Bertz CT molecular complexity index is 1740. The molecule has 0 aliphatic carbocycles. The first-order valence-corrected chi connectivity index (χ1v) is 10.8. The van der Waals surface area contributed by atoms with Gasteiger partial charge in [0.25, 0.3) is 5.56 Å². The van der Waals surface area contributed by atoms with E-state index in [4.69, 9.17) is 0 Å². The standard InChI is InChI=1S/C26H21N5O2/c1-13(2)23-18-10-14(15-4-3-5-17-21(32)11-22(33)30-24(15)17)6-7-20(18)29-25(23)16-8-9-27-26-19(16)12-28-31-26/h3-13,29H,1-2H3,(H,27,28,31)(H2,30,32,33). The number of fused-ring (bicyclic) bond motifs is 3. The molecule has 6 rings (SSSR count). The van der Waals surface area contributed by atoms with Crippen LogP contribution in [-0.4, -0.2) is 30.3 Å². The van der Waals surface area contributed by atoms with Crippen molar-refractivity contribution in [2.75, 3.05) is 0 Å². The number of aromatic amines is 3. The summed E-state index contributed by atoms with van der Waals surface area (Å²) in [5.41, 5.74) is 7.20. The lowest BCUT2D eigenvalue weighted by atomic mass is 9.93. The molecule has 33 heavy (non-hydrogen) atoms. The van der Waals surface area contributed by atoms with Crippen LogP contribution in [0.15, 0.2) is 65.7 Å². The number of H-pyrrole nitrogens is 3. The molecule has 4 N–H and O–H groups in total. The van der Waals surface area contributed by atoms with Gasteiger partial charge in [0.05, 0.1) is 17.4 Å². The van der Waals surface area contributed by atoms with Crippen molar-refractivity contribution in [3.8, 4) is 28.1 Å². The smallest absolute Gasteiger partial charge is 0.252 e. The topological polar surface area (TPSA) is 110 Å².